The number of methoxy groups -OCH3 is 2. The predicted octanol–water partition coefficient (Wildman–Crippen LogP) is 2.34. The molecule has 0 aliphatic carbocycles. The Balaban J connectivity index is 1.97. The topological polar surface area (TPSA) is 72.7 Å². The lowest BCUT2D eigenvalue weighted by Crippen LogP contribution is -2.42. The van der Waals surface area contributed by atoms with E-state index in [-0.39, 0.29) is 12.0 Å². The summed E-state index contributed by atoms with van der Waals surface area (Å²) >= 11 is 0. The molecule has 132 valence electrons. The first kappa shape index (κ1) is 17.0. The minimum Gasteiger partial charge on any atom is -0.493 e. The zero-order valence-corrected chi connectivity index (χ0v) is 14.5. The van der Waals surface area contributed by atoms with Crippen molar-refractivity contribution in [3.63, 3.8) is 0 Å². The van der Waals surface area contributed by atoms with Crippen LogP contribution in [0, 0.1) is 0 Å². The summed E-state index contributed by atoms with van der Waals surface area (Å²) in [7, 11) is 3.20. The number of esters is 1. The summed E-state index contributed by atoms with van der Waals surface area (Å²) in [5, 5.41) is 0. The van der Waals surface area contributed by atoms with Gasteiger partial charge in [0.15, 0.2) is 17.5 Å². The molecule has 0 N–H and O–H groups in total. The summed E-state index contributed by atoms with van der Waals surface area (Å²) in [6, 6.07) is 5.12. The Hall–Kier alpha value is -2.83. The molecule has 3 rings (SSSR count). The van der Waals surface area contributed by atoms with Crippen LogP contribution in [-0.4, -0.2) is 49.8 Å². The molecular formula is C18H21N3O4. The van der Waals surface area contributed by atoms with Gasteiger partial charge in [-0.25, -0.2) is 4.79 Å². The minimum atomic E-state index is -0.553. The molecular weight excluding hydrogens is 322 g/mol. The molecule has 25 heavy (non-hydrogen) atoms. The van der Waals surface area contributed by atoms with E-state index < -0.39 is 6.04 Å². The molecule has 1 aromatic carbocycles. The second kappa shape index (κ2) is 7.38. The van der Waals surface area contributed by atoms with Crippen LogP contribution in [0.3, 0.4) is 0 Å². The van der Waals surface area contributed by atoms with Crippen LogP contribution in [0.1, 0.15) is 24.9 Å². The van der Waals surface area contributed by atoms with Crippen molar-refractivity contribution >= 4 is 18.0 Å². The van der Waals surface area contributed by atoms with Crippen LogP contribution in [0.2, 0.25) is 0 Å². The molecule has 2 aliphatic rings. The van der Waals surface area contributed by atoms with Crippen LogP contribution in [-0.2, 0) is 9.53 Å². The third-order valence-electron chi connectivity index (χ3n) is 4.19. The van der Waals surface area contributed by atoms with Gasteiger partial charge in [0.2, 0.25) is 0 Å². The highest BCUT2D eigenvalue weighted by Crippen LogP contribution is 2.37. The molecule has 0 spiro atoms. The number of carbonyl (C=O) groups excluding carboxylic acids is 1. The SMILES string of the molecule is CCOC(=O)C1CC(c2ccc(OC)c(OC)c2)N2C=CN=CC2=N1. The van der Waals surface area contributed by atoms with Gasteiger partial charge in [0.25, 0.3) is 0 Å². The second-order valence-electron chi connectivity index (χ2n) is 5.60. The number of aliphatic imine (C=N–C) groups is 2. The molecule has 0 bridgehead atoms. The summed E-state index contributed by atoms with van der Waals surface area (Å²) in [4.78, 5) is 22.8. The van der Waals surface area contributed by atoms with Crippen molar-refractivity contribution in [3.8, 4) is 11.5 Å². The lowest BCUT2D eigenvalue weighted by Gasteiger charge is -2.37. The van der Waals surface area contributed by atoms with Crippen LogP contribution < -0.4 is 9.47 Å². The molecule has 0 saturated heterocycles. The number of carbonyl (C=O) groups is 1. The highest BCUT2D eigenvalue weighted by molar-refractivity contribution is 6.30. The molecule has 2 heterocycles. The monoisotopic (exact) mass is 343 g/mol. The molecule has 0 aromatic heterocycles. The Morgan fingerprint density at radius 1 is 1.28 bits per heavy atom. The fourth-order valence-electron chi connectivity index (χ4n) is 3.01. The van der Waals surface area contributed by atoms with Crippen molar-refractivity contribution in [3.05, 3.63) is 36.2 Å². The number of rotatable bonds is 5. The Morgan fingerprint density at radius 2 is 2.08 bits per heavy atom. The van der Waals surface area contributed by atoms with E-state index in [1.54, 1.807) is 33.6 Å². The maximum Gasteiger partial charge on any atom is 0.331 e. The van der Waals surface area contributed by atoms with Crippen LogP contribution in [0.15, 0.2) is 40.6 Å². The quantitative estimate of drug-likeness (QED) is 0.767. The highest BCUT2D eigenvalue weighted by atomic mass is 16.5. The smallest absolute Gasteiger partial charge is 0.331 e. The summed E-state index contributed by atoms with van der Waals surface area (Å²) in [6.07, 6.45) is 5.73. The van der Waals surface area contributed by atoms with E-state index in [0.717, 1.165) is 5.56 Å². The van der Waals surface area contributed by atoms with E-state index in [1.807, 2.05) is 29.3 Å². The number of benzene rings is 1. The Labute approximate surface area is 146 Å². The van der Waals surface area contributed by atoms with E-state index in [2.05, 4.69) is 9.98 Å². The van der Waals surface area contributed by atoms with Crippen molar-refractivity contribution in [1.29, 1.82) is 0 Å². The summed E-state index contributed by atoms with van der Waals surface area (Å²) in [6.45, 7) is 2.12. The van der Waals surface area contributed by atoms with Gasteiger partial charge in [-0.15, -0.1) is 0 Å². The molecule has 7 heteroatoms. The van der Waals surface area contributed by atoms with E-state index in [1.165, 1.54) is 0 Å². The fourth-order valence-corrected chi connectivity index (χ4v) is 3.01. The van der Waals surface area contributed by atoms with Crippen LogP contribution >= 0.6 is 0 Å². The van der Waals surface area contributed by atoms with Gasteiger partial charge in [0.05, 0.1) is 33.1 Å². The van der Waals surface area contributed by atoms with Crippen LogP contribution in [0.25, 0.3) is 0 Å². The van der Waals surface area contributed by atoms with Gasteiger partial charge in [-0.2, -0.15) is 0 Å². The van der Waals surface area contributed by atoms with E-state index in [0.29, 0.717) is 30.4 Å². The Bertz CT molecular complexity index is 742. The van der Waals surface area contributed by atoms with Gasteiger partial charge in [-0.1, -0.05) is 6.07 Å². The van der Waals surface area contributed by atoms with Crippen molar-refractivity contribution in [1.82, 2.24) is 4.90 Å². The first-order chi connectivity index (χ1) is 12.2. The number of amidine groups is 1. The number of ether oxygens (including phenoxy) is 3. The third-order valence-corrected chi connectivity index (χ3v) is 4.19. The third kappa shape index (κ3) is 3.35. The van der Waals surface area contributed by atoms with Crippen LogP contribution in [0.4, 0.5) is 0 Å². The molecule has 2 atom stereocenters. The molecule has 7 nitrogen and oxygen atoms in total. The molecule has 0 radical (unpaired) electrons. The summed E-state index contributed by atoms with van der Waals surface area (Å²) < 4.78 is 15.9. The summed E-state index contributed by atoms with van der Waals surface area (Å²) in [5.41, 5.74) is 0.999. The lowest BCUT2D eigenvalue weighted by molar-refractivity contribution is -0.145. The largest absolute Gasteiger partial charge is 0.493 e. The fraction of sp³-hybridized carbons (Fsp3) is 0.389. The number of fused-ring (bicyclic) bond motifs is 1. The molecule has 1 aromatic rings. The molecule has 0 amide bonds. The molecule has 2 aliphatic heterocycles. The predicted molar refractivity (Wildman–Crippen MR) is 94.2 cm³/mol. The lowest BCUT2D eigenvalue weighted by atomic mass is 9.95. The molecule has 0 fully saturated rings. The number of hydrogen-bond donors (Lipinski definition) is 0. The molecule has 0 saturated carbocycles. The van der Waals surface area contributed by atoms with Gasteiger partial charge in [-0.3, -0.25) is 9.98 Å². The standard InChI is InChI=1S/C18H21N3O4/c1-4-25-18(22)13-10-14(21-8-7-19-11-17(21)20-13)12-5-6-15(23-2)16(9-12)24-3/h5-9,11,13-14H,4,10H2,1-3H3. The van der Waals surface area contributed by atoms with Gasteiger partial charge in [0.1, 0.15) is 5.84 Å². The molecule has 2 unspecified atom stereocenters. The van der Waals surface area contributed by atoms with Gasteiger partial charge in [-0.05, 0) is 24.6 Å². The van der Waals surface area contributed by atoms with Gasteiger partial charge < -0.3 is 19.1 Å². The van der Waals surface area contributed by atoms with Crippen LogP contribution in [0.5, 0.6) is 11.5 Å². The first-order valence-electron chi connectivity index (χ1n) is 8.12. The Morgan fingerprint density at radius 3 is 2.80 bits per heavy atom. The van der Waals surface area contributed by atoms with Gasteiger partial charge >= 0.3 is 5.97 Å². The Kier molecular flexibility index (Phi) is 5.02. The van der Waals surface area contributed by atoms with E-state index >= 15 is 0 Å². The van der Waals surface area contributed by atoms with E-state index in [4.69, 9.17) is 14.2 Å². The second-order valence-corrected chi connectivity index (χ2v) is 5.60. The number of hydrogen-bond acceptors (Lipinski definition) is 7. The van der Waals surface area contributed by atoms with Crippen molar-refractivity contribution in [2.24, 2.45) is 9.98 Å². The van der Waals surface area contributed by atoms with Crippen molar-refractivity contribution in [2.45, 2.75) is 25.4 Å². The number of nitrogens with zero attached hydrogens (tertiary/aromatic N) is 3. The highest BCUT2D eigenvalue weighted by Gasteiger charge is 2.35. The maximum atomic E-state index is 12.2. The van der Waals surface area contributed by atoms with Gasteiger partial charge in [0, 0.05) is 18.8 Å². The van der Waals surface area contributed by atoms with Crippen molar-refractivity contribution in [2.75, 3.05) is 20.8 Å². The average molecular weight is 343 g/mol. The van der Waals surface area contributed by atoms with Crippen molar-refractivity contribution < 1.29 is 19.0 Å². The average Bonchev–Trinajstić information content (AvgIpc) is 2.66. The zero-order chi connectivity index (χ0) is 17.8. The van der Waals surface area contributed by atoms with E-state index in [9.17, 15) is 4.79 Å². The minimum absolute atomic E-state index is 0.0790. The summed E-state index contributed by atoms with van der Waals surface area (Å²) in [5.74, 6) is 1.63. The normalized spacial score (nSPS) is 21.4. The first-order valence-corrected chi connectivity index (χ1v) is 8.12. The maximum absolute atomic E-state index is 12.2. The zero-order valence-electron chi connectivity index (χ0n) is 14.5.